The Bertz CT molecular complexity index is 363. The Kier molecular flexibility index (Phi) is 4.34. The standard InChI is InChI=1S/C10H12BrNO3S/c11-7-4-6-16-9(7)10(13)12-15-8-3-1-2-5-14-8/h4,6,8H,1-3,5H2,(H,12,13)/t8-/m1/s1. The molecule has 0 spiro atoms. The molecule has 1 aromatic rings. The Labute approximate surface area is 106 Å². The Hall–Kier alpha value is -0.430. The van der Waals surface area contributed by atoms with Gasteiger partial charge < -0.3 is 4.74 Å². The number of ether oxygens (including phenoxy) is 1. The summed E-state index contributed by atoms with van der Waals surface area (Å²) in [5.74, 6) is -0.240. The monoisotopic (exact) mass is 305 g/mol. The first-order valence-corrected chi connectivity index (χ1v) is 6.75. The molecule has 1 amide bonds. The zero-order valence-corrected chi connectivity index (χ0v) is 11.0. The van der Waals surface area contributed by atoms with Gasteiger partial charge in [0.2, 0.25) is 0 Å². The molecule has 0 aromatic carbocycles. The normalized spacial score (nSPS) is 20.7. The highest BCUT2D eigenvalue weighted by Gasteiger charge is 2.17. The lowest BCUT2D eigenvalue weighted by atomic mass is 10.2. The number of carbonyl (C=O) groups is 1. The van der Waals surface area contributed by atoms with E-state index >= 15 is 0 Å². The molecule has 0 unspecified atom stereocenters. The van der Waals surface area contributed by atoms with Crippen LogP contribution in [0, 0.1) is 0 Å². The van der Waals surface area contributed by atoms with E-state index in [2.05, 4.69) is 21.4 Å². The van der Waals surface area contributed by atoms with Gasteiger partial charge in [-0.15, -0.1) is 11.3 Å². The summed E-state index contributed by atoms with van der Waals surface area (Å²) >= 11 is 4.66. The number of hydrogen-bond acceptors (Lipinski definition) is 4. The average molecular weight is 306 g/mol. The molecule has 6 heteroatoms. The number of halogens is 1. The lowest BCUT2D eigenvalue weighted by molar-refractivity contribution is -0.186. The van der Waals surface area contributed by atoms with E-state index in [4.69, 9.17) is 9.57 Å². The van der Waals surface area contributed by atoms with Crippen LogP contribution in [-0.2, 0) is 9.57 Å². The second-order valence-electron chi connectivity index (χ2n) is 3.44. The van der Waals surface area contributed by atoms with Crippen molar-refractivity contribution in [2.24, 2.45) is 0 Å². The van der Waals surface area contributed by atoms with Gasteiger partial charge >= 0.3 is 0 Å². The Morgan fingerprint density at radius 3 is 3.12 bits per heavy atom. The quantitative estimate of drug-likeness (QED) is 0.874. The van der Waals surface area contributed by atoms with Crippen LogP contribution in [0.3, 0.4) is 0 Å². The number of carbonyl (C=O) groups excluding carboxylic acids is 1. The van der Waals surface area contributed by atoms with Gasteiger partial charge in [-0.2, -0.15) is 0 Å². The van der Waals surface area contributed by atoms with Gasteiger partial charge in [0.05, 0.1) is 0 Å². The van der Waals surface area contributed by atoms with Crippen LogP contribution < -0.4 is 5.48 Å². The third-order valence-electron chi connectivity index (χ3n) is 2.24. The second kappa shape index (κ2) is 5.77. The first kappa shape index (κ1) is 12.0. The minimum absolute atomic E-state index is 0.240. The molecule has 4 nitrogen and oxygen atoms in total. The van der Waals surface area contributed by atoms with Crippen molar-refractivity contribution in [2.75, 3.05) is 6.61 Å². The van der Waals surface area contributed by atoms with Crippen LogP contribution in [0.5, 0.6) is 0 Å². The van der Waals surface area contributed by atoms with E-state index < -0.39 is 0 Å². The fourth-order valence-electron chi connectivity index (χ4n) is 1.43. The summed E-state index contributed by atoms with van der Waals surface area (Å²) < 4.78 is 6.11. The maximum Gasteiger partial charge on any atom is 0.286 e. The fraction of sp³-hybridized carbons (Fsp3) is 0.500. The van der Waals surface area contributed by atoms with Crippen LogP contribution in [0.25, 0.3) is 0 Å². The summed E-state index contributed by atoms with van der Waals surface area (Å²) in [4.78, 5) is 17.5. The molecule has 0 saturated carbocycles. The molecule has 1 saturated heterocycles. The van der Waals surface area contributed by atoms with Crippen LogP contribution in [0.15, 0.2) is 15.9 Å². The molecule has 1 aliphatic rings. The first-order valence-electron chi connectivity index (χ1n) is 5.08. The predicted octanol–water partition coefficient (Wildman–Crippen LogP) is 2.70. The molecule has 1 aromatic heterocycles. The summed E-state index contributed by atoms with van der Waals surface area (Å²) in [7, 11) is 0. The topological polar surface area (TPSA) is 47.6 Å². The Morgan fingerprint density at radius 2 is 2.50 bits per heavy atom. The third kappa shape index (κ3) is 3.04. The molecule has 1 atom stereocenters. The van der Waals surface area contributed by atoms with Crippen molar-refractivity contribution in [3.05, 3.63) is 20.8 Å². The fourth-order valence-corrected chi connectivity index (χ4v) is 2.86. The van der Waals surface area contributed by atoms with E-state index in [0.717, 1.165) is 23.7 Å². The van der Waals surface area contributed by atoms with Gasteiger partial charge in [-0.05, 0) is 40.2 Å². The molecule has 2 rings (SSSR count). The number of hydroxylamine groups is 1. The minimum atomic E-state index is -0.309. The van der Waals surface area contributed by atoms with Gasteiger partial charge in [-0.25, -0.2) is 10.3 Å². The lowest BCUT2D eigenvalue weighted by Crippen LogP contribution is -2.32. The van der Waals surface area contributed by atoms with E-state index in [1.807, 2.05) is 11.4 Å². The number of hydrogen-bond donors (Lipinski definition) is 1. The molecular formula is C10H12BrNO3S. The van der Waals surface area contributed by atoms with Gasteiger partial charge in [-0.3, -0.25) is 4.79 Å². The van der Waals surface area contributed by atoms with Crippen LogP contribution in [-0.4, -0.2) is 18.8 Å². The Morgan fingerprint density at radius 1 is 1.62 bits per heavy atom. The zero-order valence-electron chi connectivity index (χ0n) is 8.57. The van der Waals surface area contributed by atoms with Gasteiger partial charge in [0.25, 0.3) is 5.91 Å². The summed E-state index contributed by atoms with van der Waals surface area (Å²) in [5.41, 5.74) is 2.41. The van der Waals surface area contributed by atoms with E-state index in [1.54, 1.807) is 0 Å². The molecule has 1 N–H and O–H groups in total. The summed E-state index contributed by atoms with van der Waals surface area (Å²) in [5, 5.41) is 1.84. The van der Waals surface area contributed by atoms with Crippen molar-refractivity contribution in [2.45, 2.75) is 25.6 Å². The SMILES string of the molecule is O=C(NO[C@@H]1CCCCO1)c1sccc1Br. The molecule has 88 valence electrons. The smallest absolute Gasteiger partial charge is 0.286 e. The lowest BCUT2D eigenvalue weighted by Gasteiger charge is -2.21. The molecule has 0 aliphatic carbocycles. The number of rotatable bonds is 3. The first-order chi connectivity index (χ1) is 7.77. The number of nitrogens with one attached hydrogen (secondary N) is 1. The van der Waals surface area contributed by atoms with Crippen LogP contribution >= 0.6 is 27.3 Å². The van der Waals surface area contributed by atoms with Crippen molar-refractivity contribution in [3.63, 3.8) is 0 Å². The van der Waals surface area contributed by atoms with E-state index in [0.29, 0.717) is 11.5 Å². The summed E-state index contributed by atoms with van der Waals surface area (Å²) in [6.07, 6.45) is 2.65. The molecule has 1 fully saturated rings. The predicted molar refractivity (Wildman–Crippen MR) is 64.2 cm³/mol. The van der Waals surface area contributed by atoms with Gasteiger partial charge in [-0.1, -0.05) is 0 Å². The van der Waals surface area contributed by atoms with Crippen molar-refractivity contribution in [1.82, 2.24) is 5.48 Å². The maximum absolute atomic E-state index is 11.7. The molecular weight excluding hydrogens is 294 g/mol. The summed E-state index contributed by atoms with van der Waals surface area (Å²) in [6, 6.07) is 1.83. The molecule has 1 aliphatic heterocycles. The highest BCUT2D eigenvalue weighted by Crippen LogP contribution is 2.22. The largest absolute Gasteiger partial charge is 0.350 e. The zero-order chi connectivity index (χ0) is 11.4. The van der Waals surface area contributed by atoms with Crippen LogP contribution in [0.2, 0.25) is 0 Å². The maximum atomic E-state index is 11.7. The van der Waals surface area contributed by atoms with E-state index in [9.17, 15) is 4.79 Å². The van der Waals surface area contributed by atoms with Crippen LogP contribution in [0.4, 0.5) is 0 Å². The molecule has 16 heavy (non-hydrogen) atoms. The average Bonchev–Trinajstić information content (AvgIpc) is 2.74. The number of thiophene rings is 1. The third-order valence-corrected chi connectivity index (χ3v) is 4.08. The molecule has 0 radical (unpaired) electrons. The van der Waals surface area contributed by atoms with Crippen molar-refractivity contribution in [3.8, 4) is 0 Å². The van der Waals surface area contributed by atoms with Gasteiger partial charge in [0.1, 0.15) is 4.88 Å². The van der Waals surface area contributed by atoms with Gasteiger partial charge in [0, 0.05) is 17.5 Å². The van der Waals surface area contributed by atoms with Crippen molar-refractivity contribution in [1.29, 1.82) is 0 Å². The molecule has 0 bridgehead atoms. The molecule has 2 heterocycles. The van der Waals surface area contributed by atoms with Crippen molar-refractivity contribution >= 4 is 33.2 Å². The number of amides is 1. The summed E-state index contributed by atoms with van der Waals surface area (Å²) in [6.45, 7) is 0.698. The Balaban J connectivity index is 1.81. The van der Waals surface area contributed by atoms with Crippen molar-refractivity contribution < 1.29 is 14.4 Å². The second-order valence-corrected chi connectivity index (χ2v) is 5.21. The minimum Gasteiger partial charge on any atom is -0.350 e. The van der Waals surface area contributed by atoms with Gasteiger partial charge in [0.15, 0.2) is 6.29 Å². The highest BCUT2D eigenvalue weighted by molar-refractivity contribution is 9.10. The van der Waals surface area contributed by atoms with E-state index in [-0.39, 0.29) is 12.2 Å². The van der Waals surface area contributed by atoms with Crippen LogP contribution in [0.1, 0.15) is 28.9 Å². The van der Waals surface area contributed by atoms with E-state index in [1.165, 1.54) is 11.3 Å². The highest BCUT2D eigenvalue weighted by atomic mass is 79.9.